The van der Waals surface area contributed by atoms with E-state index < -0.39 is 11.8 Å². The lowest BCUT2D eigenvalue weighted by Gasteiger charge is -2.22. The summed E-state index contributed by atoms with van der Waals surface area (Å²) >= 11 is 0. The number of carbonyl (C=O) groups is 2. The molecule has 9 nitrogen and oxygen atoms in total. The van der Waals surface area contributed by atoms with Gasteiger partial charge in [0.2, 0.25) is 17.8 Å². The first-order chi connectivity index (χ1) is 11.7. The van der Waals surface area contributed by atoms with Crippen molar-refractivity contribution >= 4 is 23.5 Å². The Balaban J connectivity index is 1.50. The number of amides is 2. The summed E-state index contributed by atoms with van der Waals surface area (Å²) in [7, 11) is 0. The van der Waals surface area contributed by atoms with Crippen molar-refractivity contribution in [3.05, 3.63) is 24.5 Å². The van der Waals surface area contributed by atoms with Crippen molar-refractivity contribution in [2.24, 2.45) is 5.92 Å². The molecule has 124 valence electrons. The van der Waals surface area contributed by atoms with E-state index in [1.54, 1.807) is 23.1 Å². The number of fused-ring (bicyclic) bond motifs is 1. The first kappa shape index (κ1) is 14.5. The summed E-state index contributed by atoms with van der Waals surface area (Å²) in [6.45, 7) is 1.46. The summed E-state index contributed by atoms with van der Waals surface area (Å²) < 4.78 is 11.0. The minimum absolute atomic E-state index is 0.227. The van der Waals surface area contributed by atoms with Gasteiger partial charge < -0.3 is 14.4 Å². The Morgan fingerprint density at radius 2 is 2.12 bits per heavy atom. The molecule has 0 unspecified atom stereocenters. The van der Waals surface area contributed by atoms with Gasteiger partial charge in [0.25, 0.3) is 0 Å². The molecule has 2 aliphatic rings. The second kappa shape index (κ2) is 5.84. The number of aromatic nitrogens is 3. The van der Waals surface area contributed by atoms with Gasteiger partial charge in [-0.05, 0) is 18.6 Å². The van der Waals surface area contributed by atoms with Crippen LogP contribution in [-0.2, 0) is 9.59 Å². The molecule has 0 saturated carbocycles. The molecule has 0 bridgehead atoms. The quantitative estimate of drug-likeness (QED) is 0.797. The fourth-order valence-corrected chi connectivity index (χ4v) is 2.85. The monoisotopic (exact) mass is 329 g/mol. The number of H-pyrrole nitrogens is 1. The van der Waals surface area contributed by atoms with Gasteiger partial charge in [-0.3, -0.25) is 14.9 Å². The second-order valence-corrected chi connectivity index (χ2v) is 5.48. The average Bonchev–Trinajstić information content (AvgIpc) is 3.24. The van der Waals surface area contributed by atoms with Gasteiger partial charge in [-0.1, -0.05) is 0 Å². The predicted molar refractivity (Wildman–Crippen MR) is 82.9 cm³/mol. The highest BCUT2D eigenvalue weighted by Crippen LogP contribution is 2.36. The smallest absolute Gasteiger partial charge is 0.239 e. The zero-order chi connectivity index (χ0) is 16.5. The number of aromatic amines is 1. The highest BCUT2D eigenvalue weighted by molar-refractivity contribution is 6.13. The summed E-state index contributed by atoms with van der Waals surface area (Å²) in [5, 5.41) is 8.74. The largest absolute Gasteiger partial charge is 0.486 e. The van der Waals surface area contributed by atoms with Crippen LogP contribution in [0.3, 0.4) is 0 Å². The normalized spacial score (nSPS) is 19.4. The molecule has 0 spiro atoms. The Kier molecular flexibility index (Phi) is 3.52. The van der Waals surface area contributed by atoms with E-state index in [9.17, 15) is 9.59 Å². The molecule has 1 aromatic carbocycles. The van der Waals surface area contributed by atoms with Crippen LogP contribution >= 0.6 is 0 Å². The summed E-state index contributed by atoms with van der Waals surface area (Å²) in [4.78, 5) is 30.2. The number of hydrogen-bond acceptors (Lipinski definition) is 6. The van der Waals surface area contributed by atoms with Gasteiger partial charge in [-0.15, -0.1) is 0 Å². The lowest BCUT2D eigenvalue weighted by molar-refractivity contribution is -0.129. The number of nitrogens with one attached hydrogen (secondary N) is 2. The van der Waals surface area contributed by atoms with Crippen molar-refractivity contribution in [3.8, 4) is 11.5 Å². The van der Waals surface area contributed by atoms with E-state index in [1.165, 1.54) is 6.33 Å². The van der Waals surface area contributed by atoms with Gasteiger partial charge >= 0.3 is 0 Å². The van der Waals surface area contributed by atoms with E-state index in [-0.39, 0.29) is 11.9 Å². The average molecular weight is 329 g/mol. The third-order valence-corrected chi connectivity index (χ3v) is 4.02. The lowest BCUT2D eigenvalue weighted by atomic mass is 10.1. The molecular weight excluding hydrogens is 314 g/mol. The topological polar surface area (TPSA) is 109 Å². The Morgan fingerprint density at radius 1 is 1.29 bits per heavy atom. The van der Waals surface area contributed by atoms with E-state index in [2.05, 4.69) is 20.5 Å². The number of hydrogen-bond donors (Lipinski definition) is 2. The molecular formula is C15H15N5O4. The third-order valence-electron chi connectivity index (χ3n) is 4.02. The van der Waals surface area contributed by atoms with Crippen LogP contribution in [0.1, 0.15) is 6.42 Å². The van der Waals surface area contributed by atoms with Crippen LogP contribution < -0.4 is 19.7 Å². The second-order valence-electron chi connectivity index (χ2n) is 5.48. The number of nitrogens with zero attached hydrogens (tertiary/aromatic N) is 3. The van der Waals surface area contributed by atoms with Gasteiger partial charge in [0.15, 0.2) is 11.5 Å². The molecule has 1 aromatic heterocycles. The molecule has 2 N–H and O–H groups in total. The summed E-state index contributed by atoms with van der Waals surface area (Å²) in [5.74, 6) is 0.117. The Morgan fingerprint density at radius 3 is 2.92 bits per heavy atom. The van der Waals surface area contributed by atoms with Gasteiger partial charge in [-0.2, -0.15) is 10.1 Å². The molecule has 4 rings (SSSR count). The first-order valence-electron chi connectivity index (χ1n) is 7.59. The minimum atomic E-state index is -0.747. The Labute approximate surface area is 137 Å². The van der Waals surface area contributed by atoms with Crippen LogP contribution in [0.15, 0.2) is 24.5 Å². The molecule has 1 fully saturated rings. The third kappa shape index (κ3) is 2.53. The fraction of sp³-hybridized carbons (Fsp3) is 0.333. The van der Waals surface area contributed by atoms with E-state index in [4.69, 9.17) is 9.47 Å². The standard InChI is InChI=1S/C15H15N5O4/c21-13(18-15-16-8-17-19-15)10-3-4-20(14(10)22)9-1-2-11-12(7-9)24-6-5-23-11/h1-2,7-8,10H,3-6H2,(H2,16,17,18,19,21)/t10-/m0/s1. The van der Waals surface area contributed by atoms with Crippen LogP contribution in [0.2, 0.25) is 0 Å². The highest BCUT2D eigenvalue weighted by Gasteiger charge is 2.38. The van der Waals surface area contributed by atoms with Crippen molar-refractivity contribution in [2.75, 3.05) is 30.0 Å². The number of rotatable bonds is 3. The van der Waals surface area contributed by atoms with Crippen molar-refractivity contribution in [1.29, 1.82) is 0 Å². The molecule has 2 aliphatic heterocycles. The van der Waals surface area contributed by atoms with Crippen LogP contribution in [0, 0.1) is 5.92 Å². The maximum atomic E-state index is 12.6. The van der Waals surface area contributed by atoms with Crippen LogP contribution in [-0.4, -0.2) is 46.8 Å². The summed E-state index contributed by atoms with van der Waals surface area (Å²) in [6, 6.07) is 5.34. The molecule has 1 saturated heterocycles. The summed E-state index contributed by atoms with van der Waals surface area (Å²) in [5.41, 5.74) is 0.694. The first-order valence-corrected chi connectivity index (χ1v) is 7.59. The van der Waals surface area contributed by atoms with Gasteiger partial charge in [-0.25, -0.2) is 5.10 Å². The fourth-order valence-electron chi connectivity index (χ4n) is 2.85. The maximum absolute atomic E-state index is 12.6. The van der Waals surface area contributed by atoms with E-state index in [1.807, 2.05) is 0 Å². The zero-order valence-corrected chi connectivity index (χ0v) is 12.7. The lowest BCUT2D eigenvalue weighted by Crippen LogP contribution is -2.33. The van der Waals surface area contributed by atoms with E-state index >= 15 is 0 Å². The zero-order valence-electron chi connectivity index (χ0n) is 12.7. The molecule has 9 heteroatoms. The Hall–Kier alpha value is -3.10. The summed E-state index contributed by atoms with van der Waals surface area (Å²) in [6.07, 6.45) is 1.72. The molecule has 2 aromatic rings. The molecule has 2 amide bonds. The van der Waals surface area contributed by atoms with Crippen molar-refractivity contribution in [2.45, 2.75) is 6.42 Å². The molecule has 3 heterocycles. The number of carbonyl (C=O) groups excluding carboxylic acids is 2. The van der Waals surface area contributed by atoms with Crippen LogP contribution in [0.5, 0.6) is 11.5 Å². The van der Waals surface area contributed by atoms with Gasteiger partial charge in [0.1, 0.15) is 25.5 Å². The Bertz CT molecular complexity index is 776. The van der Waals surface area contributed by atoms with Crippen LogP contribution in [0.4, 0.5) is 11.6 Å². The van der Waals surface area contributed by atoms with Crippen LogP contribution in [0.25, 0.3) is 0 Å². The predicted octanol–water partition coefficient (Wildman–Crippen LogP) is 0.567. The number of benzene rings is 1. The van der Waals surface area contributed by atoms with E-state index in [0.717, 1.165) is 0 Å². The molecule has 0 aliphatic carbocycles. The van der Waals surface area contributed by atoms with E-state index in [0.29, 0.717) is 43.4 Å². The molecule has 0 radical (unpaired) electrons. The van der Waals surface area contributed by atoms with Crippen molar-refractivity contribution in [3.63, 3.8) is 0 Å². The SMILES string of the molecule is O=C(Nc1ncn[nH]1)[C@@H]1CCN(c2ccc3c(c2)OCCO3)C1=O. The highest BCUT2D eigenvalue weighted by atomic mass is 16.6. The van der Waals surface area contributed by atoms with Crippen molar-refractivity contribution < 1.29 is 19.1 Å². The molecule has 1 atom stereocenters. The minimum Gasteiger partial charge on any atom is -0.486 e. The van der Waals surface area contributed by atoms with Gasteiger partial charge in [0.05, 0.1) is 0 Å². The van der Waals surface area contributed by atoms with Gasteiger partial charge in [0, 0.05) is 18.3 Å². The molecule has 24 heavy (non-hydrogen) atoms. The number of ether oxygens (including phenoxy) is 2. The maximum Gasteiger partial charge on any atom is 0.239 e. The van der Waals surface area contributed by atoms with Crippen molar-refractivity contribution in [1.82, 2.24) is 15.2 Å². The number of anilines is 2.